The molecule has 1 amide bonds. The van der Waals surface area contributed by atoms with Gasteiger partial charge in [0.05, 0.1) is 15.4 Å². The van der Waals surface area contributed by atoms with Gasteiger partial charge >= 0.3 is 11.8 Å². The Hall–Kier alpha value is -2.12. The van der Waals surface area contributed by atoms with Gasteiger partial charge in [-0.25, -0.2) is 9.59 Å². The zero-order valence-electron chi connectivity index (χ0n) is 15.9. The van der Waals surface area contributed by atoms with Crippen molar-refractivity contribution in [3.63, 3.8) is 0 Å². The zero-order chi connectivity index (χ0) is 20.6. The quantitative estimate of drug-likeness (QED) is 0.674. The topological polar surface area (TPSA) is 97.3 Å². The highest BCUT2D eigenvalue weighted by Gasteiger charge is 2.30. The van der Waals surface area contributed by atoms with Crippen LogP contribution in [-0.2, 0) is 11.3 Å². The molecule has 0 saturated carbocycles. The summed E-state index contributed by atoms with van der Waals surface area (Å²) in [5.74, 6) is 0. The molecule has 0 aliphatic carbocycles. The largest absolute Gasteiger partial charge is 0.444 e. The number of halogens is 1. The molecule has 2 aromatic heterocycles. The smallest absolute Gasteiger partial charge is 0.410 e. The third kappa shape index (κ3) is 4.00. The Morgan fingerprint density at radius 1 is 1.36 bits per heavy atom. The molecule has 0 atom stereocenters. The first kappa shape index (κ1) is 20.6. The lowest BCUT2D eigenvalue weighted by Crippen LogP contribution is -2.47. The number of ether oxygens (including phenoxy) is 1. The van der Waals surface area contributed by atoms with E-state index >= 15 is 0 Å². The number of fused-ring (bicyclic) bond motifs is 1. The van der Waals surface area contributed by atoms with Crippen LogP contribution in [0.15, 0.2) is 19.4 Å². The first-order chi connectivity index (χ1) is 13.1. The summed E-state index contributed by atoms with van der Waals surface area (Å²) in [7, 11) is 0. The molecular weight excluding hydrogens is 448 g/mol. The van der Waals surface area contributed by atoms with E-state index in [-0.39, 0.29) is 18.1 Å². The molecule has 150 valence electrons. The summed E-state index contributed by atoms with van der Waals surface area (Å²) >= 11 is 4.60. The van der Waals surface area contributed by atoms with Gasteiger partial charge in [-0.1, -0.05) is 0 Å². The van der Waals surface area contributed by atoms with Gasteiger partial charge in [-0.2, -0.15) is 5.26 Å². The molecule has 0 spiro atoms. The summed E-state index contributed by atoms with van der Waals surface area (Å²) in [5, 5.41) is 9.11. The summed E-state index contributed by atoms with van der Waals surface area (Å²) in [6.07, 6.45) is 0.552. The maximum absolute atomic E-state index is 13.0. The number of carbonyl (C=O) groups is 1. The molecule has 28 heavy (non-hydrogen) atoms. The van der Waals surface area contributed by atoms with Gasteiger partial charge in [0.15, 0.2) is 0 Å². The van der Waals surface area contributed by atoms with Crippen molar-refractivity contribution in [2.45, 2.75) is 51.8 Å². The number of amides is 1. The third-order valence-corrected chi connectivity index (χ3v) is 6.15. The average Bonchev–Trinajstić information content (AvgIpc) is 3.00. The van der Waals surface area contributed by atoms with E-state index in [1.165, 1.54) is 20.5 Å². The Labute approximate surface area is 174 Å². The minimum absolute atomic E-state index is 0.129. The van der Waals surface area contributed by atoms with Gasteiger partial charge in [-0.15, -0.1) is 11.3 Å². The van der Waals surface area contributed by atoms with Gasteiger partial charge in [-0.05, 0) is 55.6 Å². The Balaban J connectivity index is 1.91. The van der Waals surface area contributed by atoms with Crippen LogP contribution < -0.4 is 11.2 Å². The van der Waals surface area contributed by atoms with Crippen LogP contribution in [-0.4, -0.2) is 38.8 Å². The molecule has 0 radical (unpaired) electrons. The molecule has 0 aromatic carbocycles. The molecule has 0 N–H and O–H groups in total. The van der Waals surface area contributed by atoms with Crippen molar-refractivity contribution in [2.75, 3.05) is 13.1 Å². The van der Waals surface area contributed by atoms with E-state index in [9.17, 15) is 14.4 Å². The molecular formula is C18H21BrN4O4S. The second-order valence-electron chi connectivity index (χ2n) is 7.67. The van der Waals surface area contributed by atoms with Crippen molar-refractivity contribution in [3.05, 3.63) is 30.7 Å². The lowest BCUT2D eigenvalue weighted by molar-refractivity contribution is 0.0186. The first-order valence-corrected chi connectivity index (χ1v) is 10.5. The minimum Gasteiger partial charge on any atom is -0.444 e. The molecule has 0 bridgehead atoms. The second kappa shape index (κ2) is 7.72. The van der Waals surface area contributed by atoms with E-state index in [2.05, 4.69) is 15.9 Å². The van der Waals surface area contributed by atoms with Gasteiger partial charge in [0.1, 0.15) is 16.8 Å². The molecule has 2 aromatic rings. The number of aromatic nitrogens is 2. The molecule has 1 aliphatic rings. The van der Waals surface area contributed by atoms with Gasteiger partial charge in [-0.3, -0.25) is 13.9 Å². The van der Waals surface area contributed by atoms with Gasteiger partial charge < -0.3 is 9.64 Å². The lowest BCUT2D eigenvalue weighted by atomic mass is 10.1. The van der Waals surface area contributed by atoms with Crippen LogP contribution in [0, 0.1) is 11.3 Å². The number of carbonyl (C=O) groups excluding carboxylic acids is 1. The van der Waals surface area contributed by atoms with Crippen LogP contribution in [0.4, 0.5) is 4.79 Å². The number of likely N-dealkylation sites (tertiary alicyclic amines) is 1. The highest BCUT2D eigenvalue weighted by Crippen LogP contribution is 2.28. The molecule has 8 nitrogen and oxygen atoms in total. The Bertz CT molecular complexity index is 1060. The first-order valence-electron chi connectivity index (χ1n) is 8.91. The molecule has 3 heterocycles. The van der Waals surface area contributed by atoms with Crippen molar-refractivity contribution >= 4 is 43.6 Å². The highest BCUT2D eigenvalue weighted by atomic mass is 79.9. The fraction of sp³-hybridized carbons (Fsp3) is 0.556. The standard InChI is InChI=1S/C18H21BrN4O4S/c1-18(2,3)27-17(26)21-7-4-11(5-8-21)23-15(24)14-12(10-13(19)28-14)22(9-6-20)16(23)25/h10-11H,4-5,7-9H2,1-3H3. The van der Waals surface area contributed by atoms with E-state index in [4.69, 9.17) is 10.00 Å². The number of rotatable bonds is 2. The molecule has 1 fully saturated rings. The average molecular weight is 469 g/mol. The maximum Gasteiger partial charge on any atom is 0.410 e. The number of hydrogen-bond acceptors (Lipinski definition) is 6. The van der Waals surface area contributed by atoms with E-state index < -0.39 is 17.4 Å². The number of piperidine rings is 1. The van der Waals surface area contributed by atoms with Crippen molar-refractivity contribution in [1.82, 2.24) is 14.0 Å². The van der Waals surface area contributed by atoms with Crippen molar-refractivity contribution < 1.29 is 9.53 Å². The molecule has 1 aliphatic heterocycles. The van der Waals surface area contributed by atoms with Crippen LogP contribution in [0.3, 0.4) is 0 Å². The Kier molecular flexibility index (Phi) is 5.68. The van der Waals surface area contributed by atoms with E-state index in [0.717, 1.165) is 3.79 Å². The fourth-order valence-electron chi connectivity index (χ4n) is 3.31. The van der Waals surface area contributed by atoms with E-state index in [1.807, 2.05) is 26.8 Å². The summed E-state index contributed by atoms with van der Waals surface area (Å²) in [4.78, 5) is 39.8. The van der Waals surface area contributed by atoms with Crippen molar-refractivity contribution in [2.24, 2.45) is 0 Å². The monoisotopic (exact) mass is 468 g/mol. The van der Waals surface area contributed by atoms with Crippen molar-refractivity contribution in [1.29, 1.82) is 5.26 Å². The second-order valence-corrected chi connectivity index (χ2v) is 10.1. The SMILES string of the molecule is CC(C)(C)OC(=O)N1CCC(n2c(=O)c3sc(Br)cc3n(CC#N)c2=O)CC1. The number of nitrogens with zero attached hydrogens (tertiary/aromatic N) is 4. The van der Waals surface area contributed by atoms with E-state index in [0.29, 0.717) is 36.1 Å². The van der Waals surface area contributed by atoms with Crippen molar-refractivity contribution in [3.8, 4) is 6.07 Å². The predicted octanol–water partition coefficient (Wildman–Crippen LogP) is 3.08. The summed E-state index contributed by atoms with van der Waals surface area (Å²) in [5.41, 5.74) is -0.940. The molecule has 0 unspecified atom stereocenters. The maximum atomic E-state index is 13.0. The number of nitriles is 1. The van der Waals surface area contributed by atoms with Crippen LogP contribution in [0.2, 0.25) is 0 Å². The Morgan fingerprint density at radius 3 is 2.57 bits per heavy atom. The molecule has 3 rings (SSSR count). The normalized spacial score (nSPS) is 15.6. The van der Waals surface area contributed by atoms with Gasteiger partial charge in [0.25, 0.3) is 5.56 Å². The van der Waals surface area contributed by atoms with Gasteiger partial charge in [0.2, 0.25) is 0 Å². The summed E-state index contributed by atoms with van der Waals surface area (Å²) in [6.45, 7) is 6.09. The van der Waals surface area contributed by atoms with Crippen LogP contribution in [0.25, 0.3) is 10.2 Å². The number of thiophene rings is 1. The minimum atomic E-state index is -0.576. The van der Waals surface area contributed by atoms with Gasteiger partial charge in [0, 0.05) is 19.1 Å². The van der Waals surface area contributed by atoms with Crippen LogP contribution >= 0.6 is 27.3 Å². The van der Waals surface area contributed by atoms with Crippen LogP contribution in [0.1, 0.15) is 39.7 Å². The number of hydrogen-bond donors (Lipinski definition) is 0. The van der Waals surface area contributed by atoms with E-state index in [1.54, 1.807) is 11.0 Å². The van der Waals surface area contributed by atoms with Crippen LogP contribution in [0.5, 0.6) is 0 Å². The predicted molar refractivity (Wildman–Crippen MR) is 110 cm³/mol. The molecule has 10 heteroatoms. The summed E-state index contributed by atoms with van der Waals surface area (Å²) < 4.78 is 9.13. The highest BCUT2D eigenvalue weighted by molar-refractivity contribution is 9.11. The zero-order valence-corrected chi connectivity index (χ0v) is 18.3. The Morgan fingerprint density at radius 2 is 2.00 bits per heavy atom. The molecule has 1 saturated heterocycles. The fourth-order valence-corrected chi connectivity index (χ4v) is 4.84. The lowest BCUT2D eigenvalue weighted by Gasteiger charge is -2.33. The third-order valence-electron chi connectivity index (χ3n) is 4.53. The summed E-state index contributed by atoms with van der Waals surface area (Å²) in [6, 6.07) is 3.35.